The number of aromatic nitrogens is 2. The van der Waals surface area contributed by atoms with Crippen LogP contribution in [0.15, 0.2) is 30.5 Å². The summed E-state index contributed by atoms with van der Waals surface area (Å²) in [4.78, 5) is 34.5. The molecule has 0 unspecified atom stereocenters. The minimum Gasteiger partial charge on any atom is -0.468 e. The number of carbonyl (C=O) groups is 2. The van der Waals surface area contributed by atoms with E-state index < -0.39 is 12.8 Å². The number of anilines is 2. The van der Waals surface area contributed by atoms with Crippen LogP contribution >= 0.6 is 0 Å². The van der Waals surface area contributed by atoms with Crippen molar-refractivity contribution in [2.24, 2.45) is 0 Å². The van der Waals surface area contributed by atoms with Gasteiger partial charge in [-0.3, -0.25) is 9.59 Å². The molecule has 3 heterocycles. The van der Waals surface area contributed by atoms with Crippen molar-refractivity contribution in [2.45, 2.75) is 45.3 Å². The molecule has 0 radical (unpaired) electrons. The van der Waals surface area contributed by atoms with Crippen LogP contribution in [0.3, 0.4) is 0 Å². The highest BCUT2D eigenvalue weighted by atomic mass is 19.4. The summed E-state index contributed by atoms with van der Waals surface area (Å²) in [6, 6.07) is 5.98. The minimum atomic E-state index is -4.46. The first-order valence-corrected chi connectivity index (χ1v) is 10.7. The summed E-state index contributed by atoms with van der Waals surface area (Å²) in [6.45, 7) is 1.85. The van der Waals surface area contributed by atoms with Gasteiger partial charge in [-0.25, -0.2) is 4.98 Å². The van der Waals surface area contributed by atoms with E-state index in [4.69, 9.17) is 4.74 Å². The lowest BCUT2D eigenvalue weighted by Crippen LogP contribution is -2.32. The molecule has 0 saturated carbocycles. The van der Waals surface area contributed by atoms with E-state index in [-0.39, 0.29) is 36.5 Å². The molecule has 2 amide bonds. The zero-order chi connectivity index (χ0) is 23.8. The van der Waals surface area contributed by atoms with Crippen molar-refractivity contribution in [3.63, 3.8) is 0 Å². The number of halogens is 3. The van der Waals surface area contributed by atoms with Gasteiger partial charge in [-0.1, -0.05) is 6.92 Å². The molecular weight excluding hydrogens is 439 g/mol. The number of ether oxygens (including phenoxy) is 1. The first-order valence-electron chi connectivity index (χ1n) is 10.7. The summed E-state index contributed by atoms with van der Waals surface area (Å²) in [6.07, 6.45) is 0.223. The molecule has 11 heteroatoms. The summed E-state index contributed by atoms with van der Waals surface area (Å²) in [5.41, 5.74) is 0.979. The van der Waals surface area contributed by atoms with Crippen LogP contribution in [0.1, 0.15) is 48.5 Å². The molecule has 2 aromatic rings. The van der Waals surface area contributed by atoms with Gasteiger partial charge in [-0.2, -0.15) is 18.2 Å². The number of amides is 2. The van der Waals surface area contributed by atoms with E-state index in [1.54, 1.807) is 13.0 Å². The molecule has 1 aliphatic heterocycles. The smallest absolute Gasteiger partial charge is 0.422 e. The summed E-state index contributed by atoms with van der Waals surface area (Å²) < 4.78 is 42.4. The second-order valence-corrected chi connectivity index (χ2v) is 7.60. The Bertz CT molecular complexity index is 978. The van der Waals surface area contributed by atoms with Gasteiger partial charge in [0.25, 0.3) is 5.91 Å². The number of piperidine rings is 1. The van der Waals surface area contributed by atoms with Crippen LogP contribution in [0.25, 0.3) is 0 Å². The van der Waals surface area contributed by atoms with Crippen LogP contribution in [-0.2, 0) is 11.3 Å². The minimum absolute atomic E-state index is 0.117. The highest BCUT2D eigenvalue weighted by molar-refractivity contribution is 5.96. The highest BCUT2D eigenvalue weighted by Gasteiger charge is 2.29. The molecule has 178 valence electrons. The summed E-state index contributed by atoms with van der Waals surface area (Å²) in [5, 5.41) is 5.40. The Morgan fingerprint density at radius 3 is 2.61 bits per heavy atom. The third-order valence-electron chi connectivity index (χ3n) is 5.02. The number of alkyl halides is 3. The largest absolute Gasteiger partial charge is 0.468 e. The van der Waals surface area contributed by atoms with Crippen molar-refractivity contribution in [3.8, 4) is 5.88 Å². The van der Waals surface area contributed by atoms with Crippen molar-refractivity contribution in [1.29, 1.82) is 0 Å². The fourth-order valence-electron chi connectivity index (χ4n) is 3.36. The lowest BCUT2D eigenvalue weighted by atomic mass is 10.1. The fourth-order valence-corrected chi connectivity index (χ4v) is 3.36. The Morgan fingerprint density at radius 2 is 1.91 bits per heavy atom. The molecular formula is C22H26F3N5O3. The van der Waals surface area contributed by atoms with Crippen LogP contribution in [0.2, 0.25) is 0 Å². The molecule has 1 saturated heterocycles. The van der Waals surface area contributed by atoms with E-state index in [1.807, 2.05) is 4.90 Å². The number of carbonyl (C=O) groups excluding carboxylic acids is 2. The average molecular weight is 465 g/mol. The number of hydrogen-bond donors (Lipinski definition) is 2. The molecule has 8 nitrogen and oxygen atoms in total. The van der Waals surface area contributed by atoms with E-state index in [0.717, 1.165) is 32.4 Å². The third kappa shape index (κ3) is 7.33. The fraction of sp³-hybridized carbons (Fsp3) is 0.455. The van der Waals surface area contributed by atoms with Gasteiger partial charge in [-0.05, 0) is 37.5 Å². The standard InChI is InChI=1S/C22H26F3N5O3/c1-2-18(31)28-17-12-15(8-9-26-17)21(32)27-13-16-6-7-19(33-14-22(23,24)25)29-20(16)30-10-4-3-5-11-30/h6-9,12H,2-5,10-11,13-14H2,1H3,(H,27,32)(H,26,28,31). The van der Waals surface area contributed by atoms with Gasteiger partial charge in [0.15, 0.2) is 6.61 Å². The Balaban J connectivity index is 1.73. The zero-order valence-electron chi connectivity index (χ0n) is 18.2. The number of hydrogen-bond acceptors (Lipinski definition) is 6. The molecule has 0 bridgehead atoms. The first-order chi connectivity index (χ1) is 15.7. The molecule has 2 N–H and O–H groups in total. The van der Waals surface area contributed by atoms with Crippen LogP contribution in [0, 0.1) is 0 Å². The Labute approximate surface area is 189 Å². The number of rotatable bonds is 8. The molecule has 2 aromatic heterocycles. The summed E-state index contributed by atoms with van der Waals surface area (Å²) >= 11 is 0. The molecule has 0 spiro atoms. The van der Waals surface area contributed by atoms with E-state index in [0.29, 0.717) is 16.9 Å². The maximum Gasteiger partial charge on any atom is 0.422 e. The van der Waals surface area contributed by atoms with Gasteiger partial charge in [0, 0.05) is 49.4 Å². The highest BCUT2D eigenvalue weighted by Crippen LogP contribution is 2.26. The van der Waals surface area contributed by atoms with Crippen molar-refractivity contribution in [3.05, 3.63) is 41.6 Å². The monoisotopic (exact) mass is 465 g/mol. The quantitative estimate of drug-likeness (QED) is 0.617. The van der Waals surface area contributed by atoms with Crippen LogP contribution in [0.4, 0.5) is 24.8 Å². The second-order valence-electron chi connectivity index (χ2n) is 7.60. The van der Waals surface area contributed by atoms with Crippen LogP contribution in [-0.4, -0.2) is 47.7 Å². The molecule has 1 fully saturated rings. The molecule has 33 heavy (non-hydrogen) atoms. The zero-order valence-corrected chi connectivity index (χ0v) is 18.2. The van der Waals surface area contributed by atoms with Gasteiger partial charge in [-0.15, -0.1) is 0 Å². The normalized spacial score (nSPS) is 14.0. The van der Waals surface area contributed by atoms with Gasteiger partial charge in [0.05, 0.1) is 0 Å². The maximum atomic E-state index is 12.7. The van der Waals surface area contributed by atoms with E-state index in [2.05, 4.69) is 20.6 Å². The van der Waals surface area contributed by atoms with Gasteiger partial charge in [0.1, 0.15) is 11.6 Å². The maximum absolute atomic E-state index is 12.7. The first kappa shape index (κ1) is 24.3. The third-order valence-corrected chi connectivity index (χ3v) is 5.02. The summed E-state index contributed by atoms with van der Waals surface area (Å²) in [7, 11) is 0. The van der Waals surface area contributed by atoms with E-state index >= 15 is 0 Å². The van der Waals surface area contributed by atoms with Gasteiger partial charge in [0.2, 0.25) is 11.8 Å². The molecule has 0 aliphatic carbocycles. The van der Waals surface area contributed by atoms with Crippen molar-refractivity contribution in [1.82, 2.24) is 15.3 Å². The van der Waals surface area contributed by atoms with Gasteiger partial charge >= 0.3 is 6.18 Å². The van der Waals surface area contributed by atoms with Gasteiger partial charge < -0.3 is 20.3 Å². The molecule has 1 aliphatic rings. The number of pyridine rings is 2. The van der Waals surface area contributed by atoms with E-state index in [9.17, 15) is 22.8 Å². The SMILES string of the molecule is CCC(=O)Nc1cc(C(=O)NCc2ccc(OCC(F)(F)F)nc2N2CCCCC2)ccn1. The Kier molecular flexibility index (Phi) is 8.07. The van der Waals surface area contributed by atoms with E-state index in [1.165, 1.54) is 24.4 Å². The predicted octanol–water partition coefficient (Wildman–Crippen LogP) is 3.69. The molecule has 0 atom stereocenters. The second kappa shape index (κ2) is 11.0. The van der Waals surface area contributed by atoms with Crippen LogP contribution < -0.4 is 20.3 Å². The predicted molar refractivity (Wildman–Crippen MR) is 116 cm³/mol. The average Bonchev–Trinajstić information content (AvgIpc) is 2.81. The van der Waals surface area contributed by atoms with Crippen LogP contribution in [0.5, 0.6) is 5.88 Å². The van der Waals surface area contributed by atoms with Crippen molar-refractivity contribution < 1.29 is 27.5 Å². The van der Waals surface area contributed by atoms with Crippen molar-refractivity contribution in [2.75, 3.05) is 29.9 Å². The lowest BCUT2D eigenvalue weighted by Gasteiger charge is -2.29. The van der Waals surface area contributed by atoms with Crippen molar-refractivity contribution >= 4 is 23.5 Å². The molecule has 0 aromatic carbocycles. The molecule has 3 rings (SSSR count). The Hall–Kier alpha value is -3.37. The number of nitrogens with zero attached hydrogens (tertiary/aromatic N) is 3. The lowest BCUT2D eigenvalue weighted by molar-refractivity contribution is -0.154. The number of nitrogens with one attached hydrogen (secondary N) is 2. The topological polar surface area (TPSA) is 96.5 Å². The summed E-state index contributed by atoms with van der Waals surface area (Å²) in [5.74, 6) is 0.0570. The Morgan fingerprint density at radius 1 is 1.15 bits per heavy atom.